The first kappa shape index (κ1) is 8.53. The molecule has 0 saturated carbocycles. The fourth-order valence-electron chi connectivity index (χ4n) is 0.831. The van der Waals surface area contributed by atoms with Crippen LogP contribution < -0.4 is 0 Å². The van der Waals surface area contributed by atoms with Crippen LogP contribution in [0.15, 0.2) is 24.3 Å². The van der Waals surface area contributed by atoms with E-state index in [9.17, 15) is 0 Å². The molecule has 0 aliphatic rings. The quantitative estimate of drug-likeness (QED) is 0.658. The summed E-state index contributed by atoms with van der Waals surface area (Å²) in [6.07, 6.45) is -1.03. The summed E-state index contributed by atoms with van der Waals surface area (Å²) >= 11 is 5.62. The van der Waals surface area contributed by atoms with Crippen LogP contribution in [0.4, 0.5) is 0 Å². The molecule has 0 bridgehead atoms. The highest BCUT2D eigenvalue weighted by molar-refractivity contribution is 6.30. The zero-order chi connectivity index (χ0) is 8.27. The summed E-state index contributed by atoms with van der Waals surface area (Å²) < 4.78 is 0. The second kappa shape index (κ2) is 3.72. The standard InChI is InChI=1S/C8H9ClO2/c9-7-3-1-6(2-4-7)5-8(10)11/h1-4,8,10-11H,5H2. The predicted octanol–water partition coefficient (Wildman–Crippen LogP) is 1.19. The number of hydrogen-bond acceptors (Lipinski definition) is 2. The van der Waals surface area contributed by atoms with Crippen LogP contribution in [0.3, 0.4) is 0 Å². The van der Waals surface area contributed by atoms with Crippen molar-refractivity contribution < 1.29 is 10.2 Å². The average Bonchev–Trinajstić information content (AvgIpc) is 1.93. The van der Waals surface area contributed by atoms with Crippen LogP contribution >= 0.6 is 11.6 Å². The van der Waals surface area contributed by atoms with Gasteiger partial charge in [0, 0.05) is 11.4 Å². The second-order valence-electron chi connectivity index (χ2n) is 2.31. The summed E-state index contributed by atoms with van der Waals surface area (Å²) in [6, 6.07) is 6.97. The van der Waals surface area contributed by atoms with Gasteiger partial charge in [-0.1, -0.05) is 23.7 Å². The van der Waals surface area contributed by atoms with Gasteiger partial charge >= 0.3 is 0 Å². The van der Waals surface area contributed by atoms with Crippen molar-refractivity contribution in [2.75, 3.05) is 0 Å². The van der Waals surface area contributed by atoms with Gasteiger partial charge in [0.15, 0.2) is 6.29 Å². The van der Waals surface area contributed by atoms with Crippen molar-refractivity contribution in [1.82, 2.24) is 0 Å². The van der Waals surface area contributed by atoms with Gasteiger partial charge in [-0.3, -0.25) is 0 Å². The van der Waals surface area contributed by atoms with E-state index < -0.39 is 6.29 Å². The molecule has 0 radical (unpaired) electrons. The molecule has 1 aromatic carbocycles. The number of hydrogen-bond donors (Lipinski definition) is 2. The molecule has 0 spiro atoms. The number of aliphatic hydroxyl groups excluding tert-OH is 1. The van der Waals surface area contributed by atoms with E-state index in [0.29, 0.717) is 5.02 Å². The maximum absolute atomic E-state index is 8.60. The Morgan fingerprint density at radius 1 is 1.18 bits per heavy atom. The third-order valence-corrected chi connectivity index (χ3v) is 1.58. The molecule has 3 heteroatoms. The largest absolute Gasteiger partial charge is 0.368 e. The highest BCUT2D eigenvalue weighted by atomic mass is 35.5. The van der Waals surface area contributed by atoms with Crippen LogP contribution in [0.2, 0.25) is 5.02 Å². The lowest BCUT2D eigenvalue weighted by molar-refractivity contribution is -0.0381. The highest BCUT2D eigenvalue weighted by Gasteiger charge is 1.98. The summed E-state index contributed by atoms with van der Waals surface area (Å²) in [5.41, 5.74) is 0.865. The Kier molecular flexibility index (Phi) is 2.88. The van der Waals surface area contributed by atoms with Crippen molar-refractivity contribution >= 4 is 11.6 Å². The van der Waals surface area contributed by atoms with E-state index in [1.165, 1.54) is 0 Å². The van der Waals surface area contributed by atoms with Crippen molar-refractivity contribution in [3.05, 3.63) is 34.9 Å². The summed E-state index contributed by atoms with van der Waals surface area (Å²) in [6.45, 7) is 0. The number of aliphatic hydroxyl groups is 2. The maximum atomic E-state index is 8.60. The minimum absolute atomic E-state index is 0.247. The molecule has 11 heavy (non-hydrogen) atoms. The van der Waals surface area contributed by atoms with E-state index >= 15 is 0 Å². The first-order valence-electron chi connectivity index (χ1n) is 3.29. The molecule has 1 rings (SSSR count). The normalized spacial score (nSPS) is 10.5. The molecule has 2 N–H and O–H groups in total. The van der Waals surface area contributed by atoms with Gasteiger partial charge in [-0.2, -0.15) is 0 Å². The molecule has 0 aliphatic carbocycles. The summed E-state index contributed by atoms with van der Waals surface area (Å²) in [5.74, 6) is 0. The fraction of sp³-hybridized carbons (Fsp3) is 0.250. The van der Waals surface area contributed by atoms with Gasteiger partial charge in [-0.05, 0) is 17.7 Å². The van der Waals surface area contributed by atoms with Gasteiger partial charge in [0.05, 0.1) is 0 Å². The molecule has 0 aliphatic heterocycles. The molecule has 0 amide bonds. The van der Waals surface area contributed by atoms with Gasteiger partial charge in [0.25, 0.3) is 0 Å². The fourth-order valence-corrected chi connectivity index (χ4v) is 0.957. The molecular weight excluding hydrogens is 164 g/mol. The number of halogens is 1. The molecule has 1 aromatic rings. The van der Waals surface area contributed by atoms with Crippen LogP contribution in [-0.4, -0.2) is 16.5 Å². The van der Waals surface area contributed by atoms with Crippen molar-refractivity contribution in [3.8, 4) is 0 Å². The first-order valence-corrected chi connectivity index (χ1v) is 3.67. The third-order valence-electron chi connectivity index (χ3n) is 1.33. The molecule has 0 saturated heterocycles. The van der Waals surface area contributed by atoms with E-state index in [4.69, 9.17) is 21.8 Å². The van der Waals surface area contributed by atoms with Crippen LogP contribution in [0.25, 0.3) is 0 Å². The Labute approximate surface area is 70.1 Å². The summed E-state index contributed by atoms with van der Waals surface area (Å²) in [5, 5.41) is 17.8. The minimum Gasteiger partial charge on any atom is -0.368 e. The molecule has 0 aromatic heterocycles. The zero-order valence-electron chi connectivity index (χ0n) is 5.87. The molecule has 0 heterocycles. The number of benzene rings is 1. The molecular formula is C8H9ClO2. The van der Waals surface area contributed by atoms with Gasteiger partial charge in [-0.15, -0.1) is 0 Å². The lowest BCUT2D eigenvalue weighted by Gasteiger charge is -2.02. The average molecular weight is 173 g/mol. The summed E-state index contributed by atoms with van der Waals surface area (Å²) in [7, 11) is 0. The molecule has 0 fully saturated rings. The predicted molar refractivity (Wildman–Crippen MR) is 43.4 cm³/mol. The van der Waals surface area contributed by atoms with E-state index in [1.54, 1.807) is 24.3 Å². The van der Waals surface area contributed by atoms with E-state index in [0.717, 1.165) is 5.56 Å². The van der Waals surface area contributed by atoms with E-state index in [-0.39, 0.29) is 6.42 Å². The van der Waals surface area contributed by atoms with Gasteiger partial charge in [0.1, 0.15) is 0 Å². The Morgan fingerprint density at radius 2 is 1.73 bits per heavy atom. The SMILES string of the molecule is OC(O)Cc1ccc(Cl)cc1. The molecule has 2 nitrogen and oxygen atoms in total. The second-order valence-corrected chi connectivity index (χ2v) is 2.75. The van der Waals surface area contributed by atoms with Crippen molar-refractivity contribution in [2.45, 2.75) is 12.7 Å². The van der Waals surface area contributed by atoms with Crippen LogP contribution in [0, 0.1) is 0 Å². The monoisotopic (exact) mass is 172 g/mol. The number of rotatable bonds is 2. The van der Waals surface area contributed by atoms with Crippen molar-refractivity contribution in [1.29, 1.82) is 0 Å². The lowest BCUT2D eigenvalue weighted by atomic mass is 10.1. The Bertz CT molecular complexity index is 218. The molecule has 0 atom stereocenters. The highest BCUT2D eigenvalue weighted by Crippen LogP contribution is 2.10. The lowest BCUT2D eigenvalue weighted by Crippen LogP contribution is -2.07. The molecule has 60 valence electrons. The zero-order valence-corrected chi connectivity index (χ0v) is 6.62. The minimum atomic E-state index is -1.28. The first-order chi connectivity index (χ1) is 5.18. The third kappa shape index (κ3) is 2.89. The van der Waals surface area contributed by atoms with Crippen molar-refractivity contribution in [3.63, 3.8) is 0 Å². The summed E-state index contributed by atoms with van der Waals surface area (Å²) in [4.78, 5) is 0. The van der Waals surface area contributed by atoms with E-state index in [1.807, 2.05) is 0 Å². The smallest absolute Gasteiger partial charge is 0.155 e. The maximum Gasteiger partial charge on any atom is 0.155 e. The van der Waals surface area contributed by atoms with Gasteiger partial charge in [-0.25, -0.2) is 0 Å². The van der Waals surface area contributed by atoms with Gasteiger partial charge < -0.3 is 10.2 Å². The Balaban J connectivity index is 2.66. The molecule has 0 unspecified atom stereocenters. The Morgan fingerprint density at radius 3 is 2.18 bits per heavy atom. The van der Waals surface area contributed by atoms with E-state index in [2.05, 4.69) is 0 Å². The van der Waals surface area contributed by atoms with Crippen LogP contribution in [0.1, 0.15) is 5.56 Å². The van der Waals surface area contributed by atoms with Crippen LogP contribution in [0.5, 0.6) is 0 Å². The Hall–Kier alpha value is -0.570. The topological polar surface area (TPSA) is 40.5 Å². The van der Waals surface area contributed by atoms with Crippen LogP contribution in [-0.2, 0) is 6.42 Å². The van der Waals surface area contributed by atoms with Crippen molar-refractivity contribution in [2.24, 2.45) is 0 Å². The van der Waals surface area contributed by atoms with Gasteiger partial charge in [0.2, 0.25) is 0 Å².